The van der Waals surface area contributed by atoms with Gasteiger partial charge in [-0.2, -0.15) is 0 Å². The minimum Gasteiger partial charge on any atom is -0.481 e. The summed E-state index contributed by atoms with van der Waals surface area (Å²) in [6, 6.07) is 1.25. The average molecular weight is 548 g/mol. The van der Waals surface area contributed by atoms with Crippen LogP contribution in [0.4, 0.5) is 0 Å². The number of carbonyl (C=O) groups excluding carboxylic acids is 3. The van der Waals surface area contributed by atoms with Crippen molar-refractivity contribution in [3.63, 3.8) is 0 Å². The molecule has 212 valence electrons. The number of nitrogens with one attached hydrogen (secondary N) is 4. The molecule has 5 atom stereocenters. The molecular weight excluding hydrogens is 514 g/mol. The number of H-pyrrole nitrogens is 1. The van der Waals surface area contributed by atoms with Crippen LogP contribution < -0.4 is 21.7 Å². The normalized spacial score (nSPS) is 14.8. The Bertz CT molecular complexity index is 1230. The molecule has 2 rings (SSSR count). The van der Waals surface area contributed by atoms with Gasteiger partial charge in [0.15, 0.2) is 0 Å². The van der Waals surface area contributed by atoms with Crippen molar-refractivity contribution >= 4 is 46.5 Å². The van der Waals surface area contributed by atoms with E-state index in [0.29, 0.717) is 12.0 Å². The van der Waals surface area contributed by atoms with Crippen LogP contribution in [0.25, 0.3) is 10.9 Å². The van der Waals surface area contributed by atoms with Gasteiger partial charge in [0, 0.05) is 23.5 Å². The molecule has 2 aromatic rings. The second kappa shape index (κ2) is 13.9. The first-order valence-electron chi connectivity index (χ1n) is 12.2. The van der Waals surface area contributed by atoms with Gasteiger partial charge in [-0.3, -0.25) is 24.0 Å². The van der Waals surface area contributed by atoms with Gasteiger partial charge in [0.1, 0.15) is 18.1 Å². The van der Waals surface area contributed by atoms with Gasteiger partial charge >= 0.3 is 17.9 Å². The highest BCUT2D eigenvalue weighted by molar-refractivity contribution is 5.96. The summed E-state index contributed by atoms with van der Waals surface area (Å²) in [5.41, 5.74) is 6.98. The maximum atomic E-state index is 13.3. The molecule has 1 aromatic carbocycles. The van der Waals surface area contributed by atoms with E-state index >= 15 is 0 Å². The van der Waals surface area contributed by atoms with Crippen molar-refractivity contribution in [2.45, 2.75) is 63.7 Å². The summed E-state index contributed by atoms with van der Waals surface area (Å²) < 4.78 is 0. The minimum atomic E-state index is -1.67. The summed E-state index contributed by atoms with van der Waals surface area (Å²) in [6.07, 6.45) is 0.329. The number of carbonyl (C=O) groups is 6. The Labute approximate surface area is 223 Å². The van der Waals surface area contributed by atoms with E-state index in [0.717, 1.165) is 10.9 Å². The monoisotopic (exact) mass is 547 g/mol. The molecule has 14 nitrogen and oxygen atoms in total. The van der Waals surface area contributed by atoms with Gasteiger partial charge in [-0.05, 0) is 17.5 Å². The average Bonchev–Trinajstić information content (AvgIpc) is 3.27. The van der Waals surface area contributed by atoms with Crippen molar-refractivity contribution in [2.24, 2.45) is 11.7 Å². The SMILES string of the molecule is CCC(C)C(NC(=O)C(CC(=O)O)NC(=O)C(Cc1c[nH]c2ccccc12)NC(=O)C(N)CC(=O)O)C(=O)O. The number of aromatic amines is 1. The Morgan fingerprint density at radius 2 is 1.46 bits per heavy atom. The van der Waals surface area contributed by atoms with Crippen LogP contribution in [0.15, 0.2) is 30.5 Å². The van der Waals surface area contributed by atoms with Crippen LogP contribution in [-0.2, 0) is 35.2 Å². The van der Waals surface area contributed by atoms with Crippen LogP contribution in [0.3, 0.4) is 0 Å². The smallest absolute Gasteiger partial charge is 0.326 e. The zero-order valence-electron chi connectivity index (χ0n) is 21.5. The number of hydrogen-bond acceptors (Lipinski definition) is 7. The predicted octanol–water partition coefficient (Wildman–Crippen LogP) is -0.428. The van der Waals surface area contributed by atoms with Crippen LogP contribution in [0.1, 0.15) is 38.7 Å². The molecule has 14 heteroatoms. The van der Waals surface area contributed by atoms with E-state index in [4.69, 9.17) is 10.8 Å². The third-order valence-corrected chi connectivity index (χ3v) is 6.25. The highest BCUT2D eigenvalue weighted by atomic mass is 16.4. The number of amides is 3. The maximum absolute atomic E-state index is 13.3. The van der Waals surface area contributed by atoms with Gasteiger partial charge in [-0.1, -0.05) is 38.5 Å². The van der Waals surface area contributed by atoms with Crippen LogP contribution in [0.2, 0.25) is 0 Å². The standard InChI is InChI=1S/C25H33N5O9/c1-3-12(2)21(25(38)39)30-24(37)18(10-20(33)34)29-23(36)17(28-22(35)15(26)9-19(31)32)8-13-11-27-16-7-5-4-6-14(13)16/h4-7,11-12,15,17-18,21,27H,3,8-10,26H2,1-2H3,(H,28,35)(H,29,36)(H,30,37)(H,31,32)(H,33,34)(H,38,39). The number of benzene rings is 1. The van der Waals surface area contributed by atoms with Gasteiger partial charge in [0.25, 0.3) is 0 Å². The Balaban J connectivity index is 2.33. The molecular formula is C25H33N5O9. The summed E-state index contributed by atoms with van der Waals surface area (Å²) in [5.74, 6) is -7.51. The second-order valence-corrected chi connectivity index (χ2v) is 9.20. The molecule has 3 amide bonds. The fourth-order valence-corrected chi connectivity index (χ4v) is 3.88. The van der Waals surface area contributed by atoms with Gasteiger partial charge < -0.3 is 42.0 Å². The van der Waals surface area contributed by atoms with Crippen LogP contribution in [0.5, 0.6) is 0 Å². The number of carboxylic acids is 3. The fourth-order valence-electron chi connectivity index (χ4n) is 3.88. The number of nitrogens with two attached hydrogens (primary N) is 1. The lowest BCUT2D eigenvalue weighted by Gasteiger charge is -2.26. The van der Waals surface area contributed by atoms with Crippen molar-refractivity contribution in [1.29, 1.82) is 0 Å². The van der Waals surface area contributed by atoms with Crippen molar-refractivity contribution in [2.75, 3.05) is 0 Å². The van der Waals surface area contributed by atoms with E-state index in [1.54, 1.807) is 44.3 Å². The lowest BCUT2D eigenvalue weighted by Crippen LogP contribution is -2.58. The van der Waals surface area contributed by atoms with Gasteiger partial charge in [-0.25, -0.2) is 4.79 Å². The molecule has 39 heavy (non-hydrogen) atoms. The number of aliphatic carboxylic acids is 3. The Morgan fingerprint density at radius 3 is 2.05 bits per heavy atom. The van der Waals surface area contributed by atoms with Gasteiger partial charge in [0.2, 0.25) is 17.7 Å². The lowest BCUT2D eigenvalue weighted by molar-refractivity contribution is -0.144. The molecule has 9 N–H and O–H groups in total. The van der Waals surface area contributed by atoms with E-state index in [2.05, 4.69) is 20.9 Å². The Morgan fingerprint density at radius 1 is 0.872 bits per heavy atom. The lowest BCUT2D eigenvalue weighted by atomic mass is 9.98. The molecule has 1 aromatic heterocycles. The van der Waals surface area contributed by atoms with Crippen LogP contribution in [-0.4, -0.2) is 80.1 Å². The highest BCUT2D eigenvalue weighted by Crippen LogP contribution is 2.19. The van der Waals surface area contributed by atoms with E-state index < -0.39 is 78.6 Å². The molecule has 5 unspecified atom stereocenters. The zero-order chi connectivity index (χ0) is 29.3. The van der Waals surface area contributed by atoms with Crippen LogP contribution in [0, 0.1) is 5.92 Å². The number of carboxylic acid groups (broad SMARTS) is 3. The molecule has 0 aliphatic rings. The molecule has 0 bridgehead atoms. The number of aromatic nitrogens is 1. The number of para-hydroxylation sites is 1. The maximum Gasteiger partial charge on any atom is 0.326 e. The van der Waals surface area contributed by atoms with Crippen molar-refractivity contribution in [3.05, 3.63) is 36.0 Å². The first-order valence-corrected chi connectivity index (χ1v) is 12.2. The Kier molecular flexibility index (Phi) is 11.0. The van der Waals surface area contributed by atoms with Crippen molar-refractivity contribution < 1.29 is 44.1 Å². The predicted molar refractivity (Wildman–Crippen MR) is 137 cm³/mol. The largest absolute Gasteiger partial charge is 0.481 e. The van der Waals surface area contributed by atoms with Crippen molar-refractivity contribution in [1.82, 2.24) is 20.9 Å². The summed E-state index contributed by atoms with van der Waals surface area (Å²) in [7, 11) is 0. The topological polar surface area (TPSA) is 241 Å². The van der Waals surface area contributed by atoms with E-state index in [9.17, 15) is 39.0 Å². The number of fused-ring (bicyclic) bond motifs is 1. The molecule has 0 aliphatic heterocycles. The summed E-state index contributed by atoms with van der Waals surface area (Å²) in [5, 5.41) is 35.4. The molecule has 0 saturated heterocycles. The molecule has 0 aliphatic carbocycles. The molecule has 0 saturated carbocycles. The molecule has 0 fully saturated rings. The zero-order valence-corrected chi connectivity index (χ0v) is 21.5. The quantitative estimate of drug-likeness (QED) is 0.143. The Hall–Kier alpha value is -4.46. The fraction of sp³-hybridized carbons (Fsp3) is 0.440. The summed E-state index contributed by atoms with van der Waals surface area (Å²) in [6.45, 7) is 3.31. The highest BCUT2D eigenvalue weighted by Gasteiger charge is 2.33. The molecule has 0 spiro atoms. The van der Waals surface area contributed by atoms with Crippen LogP contribution >= 0.6 is 0 Å². The van der Waals surface area contributed by atoms with Gasteiger partial charge in [-0.15, -0.1) is 0 Å². The van der Waals surface area contributed by atoms with E-state index in [1.807, 2.05) is 0 Å². The first kappa shape index (κ1) is 30.8. The molecule has 1 heterocycles. The second-order valence-electron chi connectivity index (χ2n) is 9.20. The summed E-state index contributed by atoms with van der Waals surface area (Å²) >= 11 is 0. The van der Waals surface area contributed by atoms with Gasteiger partial charge in [0.05, 0.1) is 18.9 Å². The minimum absolute atomic E-state index is 0.118. The number of rotatable bonds is 15. The third-order valence-electron chi connectivity index (χ3n) is 6.25. The first-order chi connectivity index (χ1) is 18.3. The van der Waals surface area contributed by atoms with E-state index in [-0.39, 0.29) is 6.42 Å². The van der Waals surface area contributed by atoms with E-state index in [1.165, 1.54) is 0 Å². The molecule has 0 radical (unpaired) electrons. The summed E-state index contributed by atoms with van der Waals surface area (Å²) in [4.78, 5) is 75.9. The van der Waals surface area contributed by atoms with Crippen molar-refractivity contribution in [3.8, 4) is 0 Å². The number of hydrogen-bond donors (Lipinski definition) is 8. The third kappa shape index (κ3) is 8.81.